The first-order valence-corrected chi connectivity index (χ1v) is 31.2. The summed E-state index contributed by atoms with van der Waals surface area (Å²) in [6.45, 7) is 12.2. The molecule has 6 bridgehead atoms. The minimum atomic E-state index is -4.59. The zero-order valence-electron chi connectivity index (χ0n) is 47.1. The maximum absolute atomic E-state index is 13.1. The zero-order chi connectivity index (χ0) is 58.1. The Morgan fingerprint density at radius 3 is 1.10 bits per heavy atom. The molecule has 0 aromatic carbocycles. The van der Waals surface area contributed by atoms with Crippen molar-refractivity contribution in [3.63, 3.8) is 0 Å². The van der Waals surface area contributed by atoms with Crippen molar-refractivity contribution >= 4 is 48.8 Å². The third-order valence-electron chi connectivity index (χ3n) is 17.5. The predicted octanol–water partition coefficient (Wildman–Crippen LogP) is 6.21. The molecule has 3 N–H and O–H groups in total. The quantitative estimate of drug-likeness (QED) is 0.121. The Morgan fingerprint density at radius 1 is 0.532 bits per heavy atom. The van der Waals surface area contributed by atoms with Gasteiger partial charge in [-0.15, -0.1) is 0 Å². The average molecular weight is 1170 g/mol. The maximum atomic E-state index is 13.1. The molecule has 0 aromatic heterocycles. The highest BCUT2D eigenvalue weighted by atomic mass is 32.2. The molecule has 6 saturated heterocycles. The van der Waals surface area contributed by atoms with Gasteiger partial charge < -0.3 is 28.4 Å². The molecular weight excluding hydrogens is 1080 g/mol. The molecule has 9 rings (SSSR count). The van der Waals surface area contributed by atoms with E-state index in [1.807, 2.05) is 48.8 Å². The van der Waals surface area contributed by atoms with Crippen molar-refractivity contribution in [3.8, 4) is 0 Å². The predicted molar refractivity (Wildman–Crippen MR) is 275 cm³/mol. The monoisotopic (exact) mass is 1170 g/mol. The number of halogens is 3. The molecule has 0 amide bonds. The lowest BCUT2D eigenvalue weighted by molar-refractivity contribution is -0.234. The van der Waals surface area contributed by atoms with Crippen molar-refractivity contribution < 1.29 is 93.8 Å². The first-order valence-electron chi connectivity index (χ1n) is 27.0. The molecule has 27 heteroatoms. The fourth-order valence-corrected chi connectivity index (χ4v) is 12.4. The number of rotatable bonds is 15. The number of ether oxygens (including phenoxy) is 6. The molecule has 77 heavy (non-hydrogen) atoms. The van der Waals surface area contributed by atoms with Gasteiger partial charge in [-0.2, -0.15) is 52.6 Å². The van der Waals surface area contributed by atoms with E-state index >= 15 is 0 Å². The van der Waals surface area contributed by atoms with Gasteiger partial charge in [-0.05, 0) is 114 Å². The summed E-state index contributed by atoms with van der Waals surface area (Å²) in [5.74, 6) is 2.49. The minimum Gasteiger partial charge on any atom is -0.459 e. The Morgan fingerprint density at radius 2 is 0.844 bits per heavy atom. The fraction of sp³-hybridized carbons (Fsp3) is 0.940. The average Bonchev–Trinajstić information content (AvgIpc) is 4.25. The van der Waals surface area contributed by atoms with E-state index in [-0.39, 0.29) is 66.3 Å². The van der Waals surface area contributed by atoms with Crippen LogP contribution in [-0.2, 0) is 86.3 Å². The topological polar surface area (TPSA) is 273 Å². The minimum absolute atomic E-state index is 0.0210. The van der Waals surface area contributed by atoms with Gasteiger partial charge in [0.15, 0.2) is 5.41 Å². The standard InChI is InChI=1S/C15H21F3O3.C15H24O3.C14H22O3.3C2H7NO3S/c1-3-14(2,15(16,17)18)13(19)21-11-7-10-8-5-4-6-9(8)12(11)20-10;1-4-15(2,3)14(16)18-12-8-11-9-6-5-7-10(9)13(12)17-11;1-3-8(2)14(15)17-12-7-11-9-5-4-6-10(9)13(12)16-11;3*1-3-7(4,5)6-2/h8-12H,3-7H2,1-2H3;9-13H,4-8H2,1-3H3;8-13H,3-7H2,1-2H3;3*3H,1-2H3. The molecule has 0 spiro atoms. The van der Waals surface area contributed by atoms with Gasteiger partial charge in [0.25, 0.3) is 0 Å². The van der Waals surface area contributed by atoms with Gasteiger partial charge >= 0.3 is 55.0 Å². The van der Waals surface area contributed by atoms with Crippen LogP contribution < -0.4 is 14.2 Å². The molecule has 3 aliphatic carbocycles. The Balaban J connectivity index is 0.000000212. The van der Waals surface area contributed by atoms with Gasteiger partial charge in [-0.3, -0.25) is 26.9 Å². The molecule has 0 radical (unpaired) electrons. The van der Waals surface area contributed by atoms with Crippen LogP contribution in [0.1, 0.15) is 145 Å². The van der Waals surface area contributed by atoms with E-state index in [2.05, 4.69) is 12.5 Å². The molecule has 21 nitrogen and oxygen atoms in total. The van der Waals surface area contributed by atoms with Crippen LogP contribution in [0.25, 0.3) is 0 Å². The van der Waals surface area contributed by atoms with Gasteiger partial charge in [0.2, 0.25) is 0 Å². The summed E-state index contributed by atoms with van der Waals surface area (Å²) in [5.41, 5.74) is -2.79. The zero-order valence-corrected chi connectivity index (χ0v) is 49.5. The third kappa shape index (κ3) is 16.7. The number of esters is 3. The van der Waals surface area contributed by atoms with Gasteiger partial charge in [-0.25, -0.2) is 0 Å². The van der Waals surface area contributed by atoms with E-state index in [0.29, 0.717) is 42.3 Å². The van der Waals surface area contributed by atoms with Crippen LogP contribution >= 0.6 is 0 Å². The summed E-state index contributed by atoms with van der Waals surface area (Å²) >= 11 is 0. The number of carbonyl (C=O) groups excluding carboxylic acids is 3. The first kappa shape index (κ1) is 67.2. The second kappa shape index (κ2) is 28.1. The van der Waals surface area contributed by atoms with Crippen LogP contribution in [0.15, 0.2) is 0 Å². The molecular formula is C50H88F3N3O18S3. The second-order valence-electron chi connectivity index (χ2n) is 22.0. The van der Waals surface area contributed by atoms with E-state index in [9.17, 15) is 52.8 Å². The normalized spacial score (nSPS) is 34.1. The first-order chi connectivity index (χ1) is 35.9. The number of hydrogen-bond acceptors (Lipinski definition) is 18. The lowest BCUT2D eigenvalue weighted by Crippen LogP contribution is -2.46. The van der Waals surface area contributed by atoms with Crippen molar-refractivity contribution in [1.29, 1.82) is 0 Å². The highest BCUT2D eigenvalue weighted by Crippen LogP contribution is 2.55. The van der Waals surface area contributed by atoms with Gasteiger partial charge in [0.05, 0.1) is 69.3 Å². The molecule has 6 aliphatic heterocycles. The largest absolute Gasteiger partial charge is 0.459 e. The molecule has 3 saturated carbocycles. The summed E-state index contributed by atoms with van der Waals surface area (Å²) in [7, 11) is -3.12. The number of carbonyl (C=O) groups is 3. The van der Waals surface area contributed by atoms with Crippen LogP contribution in [0.3, 0.4) is 0 Å². The van der Waals surface area contributed by atoms with Crippen LogP contribution in [0, 0.1) is 52.3 Å². The summed E-state index contributed by atoms with van der Waals surface area (Å²) in [6, 6.07) is 0. The summed E-state index contributed by atoms with van der Waals surface area (Å²) < 4.78 is 152. The SMILES string of the molecule is CCC(C)(C(=O)OC1CC2OC1C1CCCC21)C(F)(F)F.CCC(C)(C)C(=O)OC1CC2OC1C1CCCC21.CCC(C)C(=O)OC1CC2OC1C1CCCC21.CNS(=O)(=O)OC.CNS(=O)(=O)OC.CNS(=O)(=O)OC. The van der Waals surface area contributed by atoms with E-state index in [4.69, 9.17) is 28.4 Å². The van der Waals surface area contributed by atoms with Crippen molar-refractivity contribution in [2.24, 2.45) is 52.3 Å². The number of fused-ring (bicyclic) bond motifs is 15. The number of nitrogens with one attached hydrogen (secondary N) is 3. The van der Waals surface area contributed by atoms with Crippen molar-refractivity contribution in [2.75, 3.05) is 42.5 Å². The lowest BCUT2D eigenvalue weighted by Gasteiger charge is -2.33. The maximum Gasteiger partial charge on any atom is 0.404 e. The number of alkyl halides is 3. The van der Waals surface area contributed by atoms with Crippen molar-refractivity contribution in [2.45, 2.75) is 206 Å². The van der Waals surface area contributed by atoms with Gasteiger partial charge in [0, 0.05) is 40.4 Å². The van der Waals surface area contributed by atoms with Crippen LogP contribution in [0.4, 0.5) is 13.2 Å². The van der Waals surface area contributed by atoms with Gasteiger partial charge in [0.1, 0.15) is 18.3 Å². The van der Waals surface area contributed by atoms with E-state index in [1.54, 1.807) is 0 Å². The molecule has 6 heterocycles. The summed E-state index contributed by atoms with van der Waals surface area (Å²) in [4.78, 5) is 36.0. The number of hydrogen-bond donors (Lipinski definition) is 3. The van der Waals surface area contributed by atoms with E-state index < -0.39 is 54.6 Å². The van der Waals surface area contributed by atoms with E-state index in [1.165, 1.54) is 66.6 Å². The molecule has 9 aliphatic rings. The fourth-order valence-electron chi connectivity index (χ4n) is 11.9. The Hall–Kier alpha value is -2.31. The van der Waals surface area contributed by atoms with Crippen molar-refractivity contribution in [1.82, 2.24) is 14.2 Å². The third-order valence-corrected chi connectivity index (χ3v) is 20.3. The highest BCUT2D eigenvalue weighted by Gasteiger charge is 2.62. The second-order valence-corrected chi connectivity index (χ2v) is 26.9. The van der Waals surface area contributed by atoms with Crippen molar-refractivity contribution in [3.05, 3.63) is 0 Å². The molecule has 17 unspecified atom stereocenters. The molecule has 9 fully saturated rings. The van der Waals surface area contributed by atoms with Crippen LogP contribution in [-0.4, -0.2) is 147 Å². The Labute approximate surface area is 455 Å². The van der Waals surface area contributed by atoms with E-state index in [0.717, 1.165) is 85.0 Å². The molecule has 0 aromatic rings. The Bertz CT molecular complexity index is 2170. The smallest absolute Gasteiger partial charge is 0.404 e. The molecule has 17 atom stereocenters. The lowest BCUT2D eigenvalue weighted by atomic mass is 9.80. The van der Waals surface area contributed by atoms with Crippen LogP contribution in [0.5, 0.6) is 0 Å². The Kier molecular flexibility index (Phi) is 24.5. The van der Waals surface area contributed by atoms with Crippen LogP contribution in [0.2, 0.25) is 0 Å². The van der Waals surface area contributed by atoms with Gasteiger partial charge in [-0.1, -0.05) is 47.0 Å². The highest BCUT2D eigenvalue weighted by molar-refractivity contribution is 7.85. The summed E-state index contributed by atoms with van der Waals surface area (Å²) in [5, 5.41) is 0. The summed E-state index contributed by atoms with van der Waals surface area (Å²) in [6.07, 6.45) is 10.9. The molecule has 450 valence electrons.